The Bertz CT molecular complexity index is 474. The van der Waals surface area contributed by atoms with Crippen LogP contribution in [0.25, 0.3) is 0 Å². The average Bonchev–Trinajstić information content (AvgIpc) is 2.45. The lowest BCUT2D eigenvalue weighted by Gasteiger charge is -2.29. The van der Waals surface area contributed by atoms with E-state index in [1.807, 2.05) is 14.0 Å². The van der Waals surface area contributed by atoms with Crippen molar-refractivity contribution in [2.45, 2.75) is 45.1 Å². The summed E-state index contributed by atoms with van der Waals surface area (Å²) < 4.78 is 0. The number of aryl methyl sites for hydroxylation is 1. The highest BCUT2D eigenvalue weighted by Gasteiger charge is 2.21. The fourth-order valence-corrected chi connectivity index (χ4v) is 2.50. The fourth-order valence-electron chi connectivity index (χ4n) is 2.50. The number of hydrogen-bond acceptors (Lipinski definition) is 5. The molecule has 1 aliphatic carbocycles. The summed E-state index contributed by atoms with van der Waals surface area (Å²) in [5, 5.41) is 11.7. The molecule has 1 aromatic heterocycles. The lowest BCUT2D eigenvalue weighted by atomic mass is 9.96. The van der Waals surface area contributed by atoms with Gasteiger partial charge in [0.05, 0.1) is 0 Å². The zero-order chi connectivity index (χ0) is 13.8. The lowest BCUT2D eigenvalue weighted by Crippen LogP contribution is -2.35. The zero-order valence-electron chi connectivity index (χ0n) is 11.5. The number of anilines is 1. The van der Waals surface area contributed by atoms with Gasteiger partial charge in [0, 0.05) is 30.8 Å². The summed E-state index contributed by atoms with van der Waals surface area (Å²) in [5.41, 5.74) is 7.99. The maximum atomic E-state index is 8.65. The number of rotatable bonds is 4. The van der Waals surface area contributed by atoms with Gasteiger partial charge in [-0.1, -0.05) is 5.16 Å². The monoisotopic (exact) mass is 263 g/mol. The minimum absolute atomic E-state index is 0.122. The molecule has 0 saturated carbocycles. The van der Waals surface area contributed by atoms with E-state index in [-0.39, 0.29) is 11.9 Å². The van der Waals surface area contributed by atoms with Crippen LogP contribution in [0.2, 0.25) is 0 Å². The Balaban J connectivity index is 2.21. The van der Waals surface area contributed by atoms with Gasteiger partial charge in [-0.05, 0) is 32.6 Å². The van der Waals surface area contributed by atoms with Crippen LogP contribution in [0.4, 0.5) is 5.82 Å². The largest absolute Gasteiger partial charge is 0.409 e. The van der Waals surface area contributed by atoms with Gasteiger partial charge in [0.1, 0.15) is 18.0 Å². The van der Waals surface area contributed by atoms with Gasteiger partial charge in [0.25, 0.3) is 0 Å². The quantitative estimate of drug-likeness (QED) is 0.370. The molecule has 104 valence electrons. The highest BCUT2D eigenvalue weighted by atomic mass is 16.4. The molecular formula is C13H21N5O. The third-order valence-corrected chi connectivity index (χ3v) is 3.73. The number of aromatic nitrogens is 2. The van der Waals surface area contributed by atoms with Crippen molar-refractivity contribution in [1.82, 2.24) is 9.97 Å². The van der Waals surface area contributed by atoms with E-state index in [4.69, 9.17) is 10.9 Å². The molecule has 2 rings (SSSR count). The van der Waals surface area contributed by atoms with Crippen molar-refractivity contribution in [3.8, 4) is 0 Å². The van der Waals surface area contributed by atoms with E-state index in [0.717, 1.165) is 18.7 Å². The molecule has 1 aromatic rings. The third kappa shape index (κ3) is 2.94. The Morgan fingerprint density at radius 1 is 1.47 bits per heavy atom. The van der Waals surface area contributed by atoms with Gasteiger partial charge in [0.2, 0.25) is 0 Å². The number of nitrogens with two attached hydrogens (primary N) is 1. The number of hydrogen-bond donors (Lipinski definition) is 2. The molecule has 6 heteroatoms. The van der Waals surface area contributed by atoms with Crippen LogP contribution in [0, 0.1) is 0 Å². The third-order valence-electron chi connectivity index (χ3n) is 3.73. The molecule has 1 heterocycles. The number of fused-ring (bicyclic) bond motifs is 1. The van der Waals surface area contributed by atoms with Gasteiger partial charge >= 0.3 is 0 Å². The molecule has 6 nitrogen and oxygen atoms in total. The van der Waals surface area contributed by atoms with Gasteiger partial charge in [-0.25, -0.2) is 9.97 Å². The van der Waals surface area contributed by atoms with Crippen LogP contribution >= 0.6 is 0 Å². The first kappa shape index (κ1) is 13.6. The smallest absolute Gasteiger partial charge is 0.141 e. The number of oxime groups is 1. The maximum absolute atomic E-state index is 8.65. The van der Waals surface area contributed by atoms with Crippen molar-refractivity contribution < 1.29 is 5.21 Å². The van der Waals surface area contributed by atoms with Crippen LogP contribution in [0.1, 0.15) is 37.4 Å². The van der Waals surface area contributed by atoms with Crippen LogP contribution in [0.15, 0.2) is 11.5 Å². The second kappa shape index (κ2) is 5.86. The predicted octanol–water partition coefficient (Wildman–Crippen LogP) is 1.32. The van der Waals surface area contributed by atoms with Crippen LogP contribution in [0.5, 0.6) is 0 Å². The lowest BCUT2D eigenvalue weighted by molar-refractivity contribution is 0.316. The van der Waals surface area contributed by atoms with Gasteiger partial charge in [-0.3, -0.25) is 0 Å². The Labute approximate surface area is 113 Å². The highest BCUT2D eigenvalue weighted by molar-refractivity contribution is 5.80. The van der Waals surface area contributed by atoms with Gasteiger partial charge in [-0.2, -0.15) is 0 Å². The second-order valence-corrected chi connectivity index (χ2v) is 5.09. The molecule has 0 fully saturated rings. The van der Waals surface area contributed by atoms with Crippen molar-refractivity contribution in [3.05, 3.63) is 17.6 Å². The normalized spacial score (nSPS) is 16.8. The van der Waals surface area contributed by atoms with Gasteiger partial charge in [0.15, 0.2) is 0 Å². The van der Waals surface area contributed by atoms with Gasteiger partial charge in [-0.15, -0.1) is 0 Å². The van der Waals surface area contributed by atoms with E-state index in [1.165, 1.54) is 24.1 Å². The highest BCUT2D eigenvalue weighted by Crippen LogP contribution is 2.27. The van der Waals surface area contributed by atoms with E-state index >= 15 is 0 Å². The summed E-state index contributed by atoms with van der Waals surface area (Å²) in [6.45, 7) is 2.04. The summed E-state index contributed by atoms with van der Waals surface area (Å²) in [6.07, 6.45) is 6.60. The first-order chi connectivity index (χ1) is 9.13. The van der Waals surface area contributed by atoms with Crippen molar-refractivity contribution in [3.63, 3.8) is 0 Å². The summed E-state index contributed by atoms with van der Waals surface area (Å²) in [4.78, 5) is 10.9. The number of nitrogens with zero attached hydrogens (tertiary/aromatic N) is 4. The van der Waals surface area contributed by atoms with E-state index in [0.29, 0.717) is 6.42 Å². The van der Waals surface area contributed by atoms with Crippen LogP contribution in [-0.4, -0.2) is 34.1 Å². The zero-order valence-corrected chi connectivity index (χ0v) is 11.5. The van der Waals surface area contributed by atoms with Crippen LogP contribution < -0.4 is 10.6 Å². The van der Waals surface area contributed by atoms with E-state index in [2.05, 4.69) is 20.0 Å². The maximum Gasteiger partial charge on any atom is 0.141 e. The van der Waals surface area contributed by atoms with E-state index in [9.17, 15) is 0 Å². The Kier molecular flexibility index (Phi) is 4.19. The molecular weight excluding hydrogens is 242 g/mol. The minimum atomic E-state index is 0.122. The fraction of sp³-hybridized carbons (Fsp3) is 0.615. The molecule has 0 radical (unpaired) electrons. The Hall–Kier alpha value is -1.85. The van der Waals surface area contributed by atoms with Gasteiger partial charge < -0.3 is 15.8 Å². The molecule has 0 amide bonds. The van der Waals surface area contributed by atoms with Crippen molar-refractivity contribution in [1.29, 1.82) is 0 Å². The molecule has 0 spiro atoms. The van der Waals surface area contributed by atoms with Crippen molar-refractivity contribution in [2.75, 3.05) is 11.9 Å². The summed E-state index contributed by atoms with van der Waals surface area (Å²) in [5.74, 6) is 1.21. The van der Waals surface area contributed by atoms with Crippen molar-refractivity contribution in [2.24, 2.45) is 10.9 Å². The molecule has 19 heavy (non-hydrogen) atoms. The average molecular weight is 263 g/mol. The standard InChI is InChI=1S/C13H21N5O/c1-9(7-12(14)17-19)18(2)13-10-5-3-4-6-11(10)15-8-16-13/h8-9,19H,3-7H2,1-2H3,(H2,14,17). The molecule has 0 aliphatic heterocycles. The predicted molar refractivity (Wildman–Crippen MR) is 74.6 cm³/mol. The topological polar surface area (TPSA) is 87.6 Å². The summed E-state index contributed by atoms with van der Waals surface area (Å²) in [7, 11) is 1.99. The molecule has 1 aliphatic rings. The van der Waals surface area contributed by atoms with Crippen molar-refractivity contribution >= 4 is 11.7 Å². The second-order valence-electron chi connectivity index (χ2n) is 5.09. The first-order valence-corrected chi connectivity index (χ1v) is 6.65. The van der Waals surface area contributed by atoms with E-state index < -0.39 is 0 Å². The minimum Gasteiger partial charge on any atom is -0.409 e. The SMILES string of the molecule is CC(CC(N)=NO)N(C)c1ncnc2c1CCCC2. The summed E-state index contributed by atoms with van der Waals surface area (Å²) in [6, 6.07) is 0.122. The molecule has 3 N–H and O–H groups in total. The molecule has 1 unspecified atom stereocenters. The molecule has 0 aromatic carbocycles. The van der Waals surface area contributed by atoms with Crippen LogP contribution in [0.3, 0.4) is 0 Å². The Morgan fingerprint density at radius 3 is 2.95 bits per heavy atom. The summed E-state index contributed by atoms with van der Waals surface area (Å²) >= 11 is 0. The van der Waals surface area contributed by atoms with E-state index in [1.54, 1.807) is 6.33 Å². The van der Waals surface area contributed by atoms with Crippen LogP contribution in [-0.2, 0) is 12.8 Å². The first-order valence-electron chi connectivity index (χ1n) is 6.65. The molecule has 1 atom stereocenters. The molecule has 0 bridgehead atoms. The molecule has 0 saturated heterocycles. The Morgan fingerprint density at radius 2 is 2.21 bits per heavy atom. The number of amidine groups is 1.